The molecule has 13 unspecified atom stereocenters. The number of carbonyl (C=O) groups excluding carboxylic acids is 8. The smallest absolute Gasteiger partial charge is 0.404 e. The van der Waals surface area contributed by atoms with Crippen molar-refractivity contribution in [1.82, 2.24) is 72.4 Å². The summed E-state index contributed by atoms with van der Waals surface area (Å²) in [6.07, 6.45) is -21.1. The van der Waals surface area contributed by atoms with Gasteiger partial charge in [0.05, 0.1) is 72.7 Å². The molecule has 568 valence electrons. The van der Waals surface area contributed by atoms with Crippen molar-refractivity contribution in [3.05, 3.63) is 56.8 Å². The number of aromatic nitrogens is 6. The Morgan fingerprint density at radius 3 is 2.02 bits per heavy atom. The van der Waals surface area contributed by atoms with Crippen LogP contribution in [0.4, 0.5) is 10.6 Å². The van der Waals surface area contributed by atoms with Crippen molar-refractivity contribution < 1.29 is 103 Å². The Kier molecular flexibility index (Phi) is 32.9. The van der Waals surface area contributed by atoms with Crippen molar-refractivity contribution >= 4 is 75.9 Å². The van der Waals surface area contributed by atoms with Crippen molar-refractivity contribution in [3.63, 3.8) is 0 Å². The summed E-state index contributed by atoms with van der Waals surface area (Å²) in [7, 11) is 0. The number of primary amides is 3. The summed E-state index contributed by atoms with van der Waals surface area (Å²) in [6, 6.07) is -7.86. The number of amides is 8. The maximum absolute atomic E-state index is 15.2. The first kappa shape index (κ1) is 83.2. The number of aromatic amines is 1. The minimum Gasteiger partial charge on any atom is -0.441 e. The second kappa shape index (κ2) is 40.4. The third-order valence-corrected chi connectivity index (χ3v) is 18.3. The lowest BCUT2D eigenvalue weighted by Crippen LogP contribution is -2.65. The third-order valence-electron chi connectivity index (χ3n) is 16.5. The molecule has 27 N–H and O–H groups in total. The first-order valence-corrected chi connectivity index (χ1v) is 34.6. The van der Waals surface area contributed by atoms with E-state index in [0.717, 1.165) is 64.4 Å². The molecule has 2 aliphatic heterocycles. The van der Waals surface area contributed by atoms with Crippen molar-refractivity contribution in [3.8, 4) is 10.7 Å². The van der Waals surface area contributed by atoms with Crippen LogP contribution in [0.15, 0.2) is 23.3 Å². The molecule has 2 aliphatic rings. The highest BCUT2D eigenvalue weighted by molar-refractivity contribution is 7.14. The second-order valence-electron chi connectivity index (χ2n) is 24.3. The summed E-state index contributed by atoms with van der Waals surface area (Å²) in [5.41, 5.74) is 28.1. The minimum absolute atomic E-state index is 0.0112. The quantitative estimate of drug-likeness (QED) is 0.0183. The monoisotopic (exact) mass is 1480 g/mol. The molecule has 40 nitrogen and oxygen atoms in total. The molecule has 4 aromatic heterocycles. The van der Waals surface area contributed by atoms with Gasteiger partial charge < -0.3 is 141 Å². The SMILES string of the molecule is CCCCNCCCNCCCNC(=O)c1csc(-c2csc(CCNC(=O)C(NC(=O)C(C)[C@H](O)[C@H](C)NC(=O)[C@H](NC(=O)c3nc([C@@H](CC(N)=O)NC[C@@H](N)C(N)=O)nc(N)c3C)[C@H](OC3OC(CO)C(O)C(O)C3OC3OC(CO)C(O)C(OC(N)=O)C3O)c3cnc[nH]3)C(C)O)n2)n1. The highest BCUT2D eigenvalue weighted by Crippen LogP contribution is 2.35. The molecule has 6 heterocycles. The number of anilines is 1. The van der Waals surface area contributed by atoms with E-state index in [4.69, 9.17) is 52.4 Å². The van der Waals surface area contributed by atoms with E-state index in [1.807, 2.05) is 0 Å². The number of imidazole rings is 1. The number of thiazole rings is 2. The van der Waals surface area contributed by atoms with Crippen LogP contribution in [0, 0.1) is 12.8 Å². The van der Waals surface area contributed by atoms with E-state index in [1.54, 1.807) is 10.8 Å². The summed E-state index contributed by atoms with van der Waals surface area (Å²) in [6.45, 7) is 8.84. The Hall–Kier alpha value is -7.73. The summed E-state index contributed by atoms with van der Waals surface area (Å²) in [5.74, 6) is -8.71. The highest BCUT2D eigenvalue weighted by atomic mass is 32.1. The molecule has 2 saturated heterocycles. The number of aliphatic hydroxyl groups is 8. The zero-order valence-electron chi connectivity index (χ0n) is 56.7. The molecule has 0 spiro atoms. The summed E-state index contributed by atoms with van der Waals surface area (Å²) in [5, 5.41) is 115. The first-order valence-electron chi connectivity index (χ1n) is 32.9. The number of rotatable bonds is 42. The van der Waals surface area contributed by atoms with Crippen molar-refractivity contribution in [2.24, 2.45) is 28.9 Å². The van der Waals surface area contributed by atoms with E-state index in [9.17, 15) is 74.4 Å². The van der Waals surface area contributed by atoms with Gasteiger partial charge in [0.15, 0.2) is 18.7 Å². The second-order valence-corrected chi connectivity index (χ2v) is 26.1. The standard InChI is InChI=1S/C60H95N19O21S2/c1-6-7-11-66-12-8-13-67-14-9-15-69-53(91)32-22-102-57(75-32)33-23-101-37(74-33)10-16-70-54(92)39(28(5)82)77-52(90)26(3)41(84)27(4)73-56(94)40(78-55(93)38-25(2)49(63)79-51(76-38)30(17-36(62)83)71-18-29(61)50(64)89)46(31-19-68-24-72-31)98-59-48(44(87)42(85)34(20-80)97-59)99-58-45(88)47(100-60(65)95)43(86)35(21-81)96-58/h19,22-24,26-30,34-35,39-48,58-59,66-67,71,80-82,84-88H,6-18,20-21,61H2,1-5H3,(H2,62,83)(H2,64,89)(H2,65,95)(H,68,72)(H,69,91)(H,70,92)(H,73,94)(H,77,90)(H,78,93)(H2,63,76,79)/t26?,27-,28?,29+,30+,34?,35?,39?,40+,41-,42?,43?,44?,45?,46+,47?,48?,58?,59?/m0/s1. The molecule has 0 aliphatic carbocycles. The number of hydrogen-bond donors (Lipinski definition) is 22. The first-order chi connectivity index (χ1) is 48.5. The number of H-pyrrole nitrogens is 1. The van der Waals surface area contributed by atoms with Gasteiger partial charge in [-0.3, -0.25) is 33.6 Å². The molecule has 4 aromatic rings. The molecule has 0 bridgehead atoms. The van der Waals surface area contributed by atoms with Crippen molar-refractivity contribution in [1.29, 1.82) is 0 Å². The van der Waals surface area contributed by atoms with E-state index in [-0.39, 0.29) is 54.0 Å². The number of nitrogens with two attached hydrogens (primary N) is 5. The lowest BCUT2D eigenvalue weighted by atomic mass is 9.96. The Morgan fingerprint density at radius 2 is 1.39 bits per heavy atom. The fourth-order valence-electron chi connectivity index (χ4n) is 10.5. The third kappa shape index (κ3) is 23.4. The summed E-state index contributed by atoms with van der Waals surface area (Å²) in [4.78, 5) is 131. The van der Waals surface area contributed by atoms with Gasteiger partial charge in [-0.05, 0) is 66.2 Å². The number of nitrogen functional groups attached to an aromatic ring is 1. The van der Waals surface area contributed by atoms with Crippen LogP contribution in [0.3, 0.4) is 0 Å². The number of hydrogen-bond acceptors (Lipinski definition) is 33. The van der Waals surface area contributed by atoms with Gasteiger partial charge in [0.2, 0.25) is 29.5 Å². The van der Waals surface area contributed by atoms with Gasteiger partial charge in [-0.25, -0.2) is 29.7 Å². The van der Waals surface area contributed by atoms with Gasteiger partial charge >= 0.3 is 6.09 Å². The molecule has 8 amide bonds. The predicted octanol–water partition coefficient (Wildman–Crippen LogP) is -7.21. The van der Waals surface area contributed by atoms with Crippen LogP contribution in [-0.4, -0.2) is 275 Å². The molecule has 42 heteroatoms. The minimum atomic E-state index is -2.20. The number of unbranched alkanes of at least 4 members (excludes halogenated alkanes) is 1. The Morgan fingerprint density at radius 1 is 0.725 bits per heavy atom. The fourth-order valence-corrected chi connectivity index (χ4v) is 12.2. The molecular weight excluding hydrogens is 1390 g/mol. The number of aliphatic hydroxyl groups excluding tert-OH is 8. The zero-order chi connectivity index (χ0) is 75.1. The Labute approximate surface area is 593 Å². The van der Waals surface area contributed by atoms with Gasteiger partial charge in [0.25, 0.3) is 11.8 Å². The highest BCUT2D eigenvalue weighted by Gasteiger charge is 2.54. The van der Waals surface area contributed by atoms with Crippen LogP contribution in [-0.2, 0) is 54.1 Å². The van der Waals surface area contributed by atoms with Crippen LogP contribution in [0.1, 0.15) is 115 Å². The van der Waals surface area contributed by atoms with E-state index in [1.165, 1.54) is 50.4 Å². The molecule has 0 aromatic carbocycles. The van der Waals surface area contributed by atoms with Crippen LogP contribution >= 0.6 is 22.7 Å². The van der Waals surface area contributed by atoms with E-state index in [0.29, 0.717) is 22.3 Å². The number of ether oxygens (including phenoxy) is 5. The van der Waals surface area contributed by atoms with Crippen molar-refractivity contribution in [2.45, 2.75) is 183 Å². The average molecular weight is 1480 g/mol. The maximum Gasteiger partial charge on any atom is 0.404 e. The van der Waals surface area contributed by atoms with Crippen LogP contribution in [0.2, 0.25) is 0 Å². The van der Waals surface area contributed by atoms with Crippen LogP contribution < -0.4 is 71.2 Å². The summed E-state index contributed by atoms with van der Waals surface area (Å²) >= 11 is 2.52. The molecule has 0 saturated carbocycles. The zero-order valence-corrected chi connectivity index (χ0v) is 58.3. The number of carbonyl (C=O) groups is 8. The maximum atomic E-state index is 15.2. The van der Waals surface area contributed by atoms with Gasteiger partial charge in [0.1, 0.15) is 94.6 Å². The Bertz CT molecular complexity index is 3380. The molecule has 102 heavy (non-hydrogen) atoms. The molecule has 2 fully saturated rings. The lowest BCUT2D eigenvalue weighted by molar-refractivity contribution is -0.372. The summed E-state index contributed by atoms with van der Waals surface area (Å²) < 4.78 is 28.8. The fraction of sp³-hybridized carbons (Fsp3) is 0.650. The molecule has 0 radical (unpaired) electrons. The van der Waals surface area contributed by atoms with E-state index >= 15 is 4.79 Å². The topological polar surface area (TPSA) is 651 Å². The largest absolute Gasteiger partial charge is 0.441 e. The van der Waals surface area contributed by atoms with Crippen molar-refractivity contribution in [2.75, 3.05) is 64.8 Å². The van der Waals surface area contributed by atoms with E-state index < -0.39 is 183 Å². The van der Waals surface area contributed by atoms with Crippen LogP contribution in [0.25, 0.3) is 10.7 Å². The Balaban J connectivity index is 1.20. The molecule has 6 rings (SSSR count). The van der Waals surface area contributed by atoms with Gasteiger partial charge in [-0.2, -0.15) is 0 Å². The van der Waals surface area contributed by atoms with Gasteiger partial charge in [0, 0.05) is 48.8 Å². The predicted molar refractivity (Wildman–Crippen MR) is 360 cm³/mol. The molecular formula is C60H95N19O21S2. The number of nitrogens with one attached hydrogen (secondary N) is 9. The number of nitrogens with zero attached hydrogens (tertiary/aromatic N) is 5. The van der Waals surface area contributed by atoms with Gasteiger partial charge in [-0.1, -0.05) is 20.3 Å². The molecule has 19 atom stereocenters. The average Bonchev–Trinajstić information content (AvgIpc) is 0.813. The van der Waals surface area contributed by atoms with E-state index in [2.05, 4.69) is 79.4 Å². The van der Waals surface area contributed by atoms with Crippen LogP contribution in [0.5, 0.6) is 0 Å². The lowest BCUT2D eigenvalue weighted by Gasteiger charge is -2.47. The normalized spacial score (nSPS) is 23.2. The van der Waals surface area contributed by atoms with Gasteiger partial charge in [-0.15, -0.1) is 22.7 Å².